The molecule has 21 heavy (non-hydrogen) atoms. The van der Waals surface area contributed by atoms with Crippen LogP contribution >= 0.6 is 15.9 Å². The minimum absolute atomic E-state index is 0.127. The molecule has 0 bridgehead atoms. The highest BCUT2D eigenvalue weighted by Crippen LogP contribution is 2.45. The number of nitrogens with one attached hydrogen (secondary N) is 1. The second-order valence-corrected chi connectivity index (χ2v) is 7.73. The van der Waals surface area contributed by atoms with Gasteiger partial charge in [-0.15, -0.1) is 0 Å². The maximum Gasteiger partial charge on any atom is 0.142 e. The van der Waals surface area contributed by atoms with E-state index < -0.39 is 0 Å². The zero-order valence-electron chi connectivity index (χ0n) is 13.6. The fourth-order valence-electron chi connectivity index (χ4n) is 2.70. The maximum atomic E-state index is 6.02. The molecule has 0 radical (unpaired) electrons. The van der Waals surface area contributed by atoms with E-state index in [-0.39, 0.29) is 5.41 Å². The van der Waals surface area contributed by atoms with Crippen LogP contribution in [-0.4, -0.2) is 25.9 Å². The molecule has 118 valence electrons. The Morgan fingerprint density at radius 3 is 2.67 bits per heavy atom. The molecule has 1 aliphatic carbocycles. The molecule has 0 amide bonds. The summed E-state index contributed by atoms with van der Waals surface area (Å²) >= 11 is 3.52. The average molecular weight is 356 g/mol. The van der Waals surface area contributed by atoms with Gasteiger partial charge in [-0.1, -0.05) is 43.6 Å². The van der Waals surface area contributed by atoms with Crippen molar-refractivity contribution in [1.82, 2.24) is 0 Å². The molecule has 2 atom stereocenters. The molecule has 1 fully saturated rings. The van der Waals surface area contributed by atoms with Gasteiger partial charge in [0.25, 0.3) is 0 Å². The molecule has 0 saturated heterocycles. The fourth-order valence-corrected chi connectivity index (χ4v) is 3.06. The Bertz CT molecular complexity index is 488. The fraction of sp³-hybridized carbons (Fsp3) is 0.647. The molecular formula is C17H26BrNO2. The third-order valence-corrected chi connectivity index (χ3v) is 4.79. The predicted octanol–water partition coefficient (Wildman–Crippen LogP) is 4.71. The Balaban J connectivity index is 2.00. The molecule has 0 aromatic heterocycles. The van der Waals surface area contributed by atoms with Crippen LogP contribution in [0.25, 0.3) is 0 Å². The average Bonchev–Trinajstić information content (AvgIpc) is 2.41. The van der Waals surface area contributed by atoms with Crippen molar-refractivity contribution < 1.29 is 9.47 Å². The summed E-state index contributed by atoms with van der Waals surface area (Å²) in [6, 6.07) is 6.44. The van der Waals surface area contributed by atoms with Crippen molar-refractivity contribution >= 4 is 21.6 Å². The van der Waals surface area contributed by atoms with Gasteiger partial charge in [-0.3, -0.25) is 0 Å². The van der Waals surface area contributed by atoms with E-state index in [4.69, 9.17) is 9.47 Å². The van der Waals surface area contributed by atoms with Gasteiger partial charge in [-0.25, -0.2) is 0 Å². The number of hydrogen-bond donors (Lipinski definition) is 1. The van der Waals surface area contributed by atoms with Crippen LogP contribution in [0.5, 0.6) is 5.75 Å². The van der Waals surface area contributed by atoms with E-state index in [1.165, 1.54) is 0 Å². The Labute approximate surface area is 136 Å². The van der Waals surface area contributed by atoms with E-state index in [2.05, 4.69) is 55.0 Å². The number of methoxy groups -OCH3 is 1. The minimum atomic E-state index is 0.127. The topological polar surface area (TPSA) is 30.5 Å². The van der Waals surface area contributed by atoms with Crippen LogP contribution in [-0.2, 0) is 4.74 Å². The summed E-state index contributed by atoms with van der Waals surface area (Å²) in [5, 5.41) is 3.61. The first-order valence-electron chi connectivity index (χ1n) is 7.56. The molecule has 0 spiro atoms. The molecule has 1 N–H and O–H groups in total. The third kappa shape index (κ3) is 3.72. The summed E-state index contributed by atoms with van der Waals surface area (Å²) < 4.78 is 12.5. The predicted molar refractivity (Wildman–Crippen MR) is 91.1 cm³/mol. The number of halogens is 1. The molecular weight excluding hydrogens is 330 g/mol. The number of hydrogen-bond acceptors (Lipinski definition) is 3. The Morgan fingerprint density at radius 2 is 2.10 bits per heavy atom. The largest absolute Gasteiger partial charge is 0.495 e. The summed E-state index contributed by atoms with van der Waals surface area (Å²) in [4.78, 5) is 0. The van der Waals surface area contributed by atoms with Gasteiger partial charge in [-0.2, -0.15) is 0 Å². The summed E-state index contributed by atoms with van der Waals surface area (Å²) in [5.41, 5.74) is 1.16. The summed E-state index contributed by atoms with van der Waals surface area (Å²) in [6.07, 6.45) is 1.37. The normalized spacial score (nSPS) is 23.8. The molecule has 0 aliphatic heterocycles. The first-order valence-corrected chi connectivity index (χ1v) is 8.35. The number of anilines is 1. The van der Waals surface area contributed by atoms with Gasteiger partial charge in [0.15, 0.2) is 0 Å². The zero-order chi connectivity index (χ0) is 15.6. The van der Waals surface area contributed by atoms with Crippen LogP contribution in [0.2, 0.25) is 0 Å². The molecule has 1 aromatic carbocycles. The lowest BCUT2D eigenvalue weighted by Gasteiger charge is -2.52. The van der Waals surface area contributed by atoms with Crippen molar-refractivity contribution in [2.45, 2.75) is 46.3 Å². The second kappa shape index (κ2) is 6.57. The van der Waals surface area contributed by atoms with Crippen LogP contribution in [0.1, 0.15) is 34.1 Å². The number of ether oxygens (including phenoxy) is 2. The lowest BCUT2D eigenvalue weighted by Crippen LogP contribution is -2.58. The standard InChI is InChI=1S/C17H26BrNO2/c1-11(2)10-21-16-9-15(17(16,3)4)19-13-8-12(18)6-7-14(13)20-5/h6-8,11,15-16,19H,9-10H2,1-5H3. The third-order valence-electron chi connectivity index (χ3n) is 4.30. The Hall–Kier alpha value is -0.740. The van der Waals surface area contributed by atoms with Crippen molar-refractivity contribution in [2.24, 2.45) is 11.3 Å². The van der Waals surface area contributed by atoms with Gasteiger partial charge in [0.05, 0.1) is 18.9 Å². The van der Waals surface area contributed by atoms with Crippen LogP contribution in [0.15, 0.2) is 22.7 Å². The minimum Gasteiger partial charge on any atom is -0.495 e. The molecule has 1 aliphatic rings. The summed E-state index contributed by atoms with van der Waals surface area (Å²) in [6.45, 7) is 9.75. The highest BCUT2D eigenvalue weighted by Gasteiger charge is 2.49. The van der Waals surface area contributed by atoms with E-state index in [0.29, 0.717) is 18.1 Å². The van der Waals surface area contributed by atoms with Gasteiger partial charge in [-0.05, 0) is 30.5 Å². The molecule has 1 saturated carbocycles. The molecule has 2 rings (SSSR count). The van der Waals surface area contributed by atoms with Gasteiger partial charge in [0, 0.05) is 22.5 Å². The van der Waals surface area contributed by atoms with E-state index in [1.54, 1.807) is 7.11 Å². The first kappa shape index (κ1) is 16.6. The maximum absolute atomic E-state index is 6.02. The van der Waals surface area contributed by atoms with Crippen molar-refractivity contribution in [2.75, 3.05) is 19.0 Å². The Morgan fingerprint density at radius 1 is 1.38 bits per heavy atom. The lowest BCUT2D eigenvalue weighted by molar-refractivity contribution is -0.108. The Kier molecular flexibility index (Phi) is 5.20. The highest BCUT2D eigenvalue weighted by molar-refractivity contribution is 9.10. The summed E-state index contributed by atoms with van der Waals surface area (Å²) in [5.74, 6) is 1.46. The first-order chi connectivity index (χ1) is 9.84. The van der Waals surface area contributed by atoms with Crippen LogP contribution < -0.4 is 10.1 Å². The molecule has 1 aromatic rings. The number of benzene rings is 1. The monoisotopic (exact) mass is 355 g/mol. The second-order valence-electron chi connectivity index (χ2n) is 6.81. The van der Waals surface area contributed by atoms with E-state index >= 15 is 0 Å². The smallest absolute Gasteiger partial charge is 0.142 e. The molecule has 3 nitrogen and oxygen atoms in total. The van der Waals surface area contributed by atoms with E-state index in [0.717, 1.165) is 28.9 Å². The molecule has 0 heterocycles. The molecule has 2 unspecified atom stereocenters. The van der Waals surface area contributed by atoms with Gasteiger partial charge < -0.3 is 14.8 Å². The van der Waals surface area contributed by atoms with Gasteiger partial charge in [0.1, 0.15) is 5.75 Å². The zero-order valence-corrected chi connectivity index (χ0v) is 15.2. The van der Waals surface area contributed by atoms with Gasteiger partial charge >= 0.3 is 0 Å². The quantitative estimate of drug-likeness (QED) is 0.801. The summed E-state index contributed by atoms with van der Waals surface area (Å²) in [7, 11) is 1.70. The van der Waals surface area contributed by atoms with Crippen molar-refractivity contribution in [3.05, 3.63) is 22.7 Å². The number of rotatable bonds is 6. The van der Waals surface area contributed by atoms with Gasteiger partial charge in [0.2, 0.25) is 0 Å². The molecule has 4 heteroatoms. The van der Waals surface area contributed by atoms with E-state index in [1.807, 2.05) is 12.1 Å². The van der Waals surface area contributed by atoms with Crippen LogP contribution in [0.4, 0.5) is 5.69 Å². The van der Waals surface area contributed by atoms with E-state index in [9.17, 15) is 0 Å². The highest BCUT2D eigenvalue weighted by atomic mass is 79.9. The van der Waals surface area contributed by atoms with Crippen molar-refractivity contribution in [1.29, 1.82) is 0 Å². The van der Waals surface area contributed by atoms with Crippen LogP contribution in [0, 0.1) is 11.3 Å². The SMILES string of the molecule is COc1ccc(Br)cc1NC1CC(OCC(C)C)C1(C)C. The van der Waals surface area contributed by atoms with Crippen molar-refractivity contribution in [3.8, 4) is 5.75 Å². The van der Waals surface area contributed by atoms with Crippen molar-refractivity contribution in [3.63, 3.8) is 0 Å². The van der Waals surface area contributed by atoms with Crippen LogP contribution in [0.3, 0.4) is 0 Å². The lowest BCUT2D eigenvalue weighted by atomic mass is 9.64.